The van der Waals surface area contributed by atoms with Crippen LogP contribution >= 0.6 is 34.7 Å². The Labute approximate surface area is 203 Å². The second-order valence-electron chi connectivity index (χ2n) is 7.55. The normalized spacial score (nSPS) is 12.4. The molecule has 0 aliphatic carbocycles. The van der Waals surface area contributed by atoms with Crippen LogP contribution in [-0.4, -0.2) is 19.7 Å². The van der Waals surface area contributed by atoms with E-state index in [1.165, 1.54) is 23.1 Å². The number of hydrogen-bond acceptors (Lipinski definition) is 7. The van der Waals surface area contributed by atoms with Gasteiger partial charge in [-0.3, -0.25) is 9.36 Å². The summed E-state index contributed by atoms with van der Waals surface area (Å²) in [7, 11) is 0. The first-order valence-electron chi connectivity index (χ1n) is 10.3. The molecule has 2 aromatic carbocycles. The fourth-order valence-corrected chi connectivity index (χ4v) is 5.63. The molecule has 0 unspecified atom stereocenters. The first-order valence-corrected chi connectivity index (χ1v) is 12.3. The zero-order valence-electron chi connectivity index (χ0n) is 18.1. The number of rotatable bonds is 5. The van der Waals surface area contributed by atoms with E-state index in [1.807, 2.05) is 63.2 Å². The van der Waals surface area contributed by atoms with Crippen molar-refractivity contribution in [1.82, 2.24) is 19.7 Å². The van der Waals surface area contributed by atoms with Crippen molar-refractivity contribution >= 4 is 44.9 Å². The Morgan fingerprint density at radius 1 is 1.06 bits per heavy atom. The third-order valence-electron chi connectivity index (χ3n) is 5.35. The van der Waals surface area contributed by atoms with Gasteiger partial charge in [-0.05, 0) is 62.7 Å². The van der Waals surface area contributed by atoms with Crippen LogP contribution in [0.15, 0.2) is 69.0 Å². The lowest BCUT2D eigenvalue weighted by atomic mass is 10.2. The number of fused-ring (bicyclic) bond motifs is 1. The van der Waals surface area contributed by atoms with Gasteiger partial charge in [-0.2, -0.15) is 0 Å². The molecule has 0 amide bonds. The fourth-order valence-electron chi connectivity index (χ4n) is 3.48. The molecule has 33 heavy (non-hydrogen) atoms. The number of nitrogens with zero attached hydrogens (tertiary/aromatic N) is 4. The summed E-state index contributed by atoms with van der Waals surface area (Å²) >= 11 is 9.02. The fraction of sp³-hybridized carbons (Fsp3) is 0.167. The van der Waals surface area contributed by atoms with Crippen molar-refractivity contribution in [2.45, 2.75) is 31.2 Å². The largest absolute Gasteiger partial charge is 0.419 e. The molecule has 5 rings (SSSR count). The summed E-state index contributed by atoms with van der Waals surface area (Å²) in [6.07, 6.45) is 0. The number of benzene rings is 2. The minimum Gasteiger partial charge on any atom is -0.419 e. The Hall–Kier alpha value is -2.94. The molecule has 0 aliphatic rings. The zero-order valence-corrected chi connectivity index (χ0v) is 20.5. The summed E-state index contributed by atoms with van der Waals surface area (Å²) in [6, 6.07) is 16.8. The summed E-state index contributed by atoms with van der Waals surface area (Å²) in [5.74, 6) is 0.926. The molecule has 0 saturated carbocycles. The van der Waals surface area contributed by atoms with E-state index in [9.17, 15) is 4.79 Å². The van der Waals surface area contributed by atoms with Gasteiger partial charge in [0.2, 0.25) is 11.8 Å². The van der Waals surface area contributed by atoms with Crippen LogP contribution in [0.4, 0.5) is 0 Å². The average Bonchev–Trinajstić information content (AvgIpc) is 3.41. The molecule has 3 aromatic heterocycles. The number of halogens is 1. The molecular formula is C24H19ClN4O2S2. The highest BCUT2D eigenvalue weighted by Gasteiger charge is 2.23. The molecule has 166 valence electrons. The second-order valence-corrected chi connectivity index (χ2v) is 10.5. The third kappa shape index (κ3) is 4.10. The Morgan fingerprint density at radius 3 is 2.52 bits per heavy atom. The summed E-state index contributed by atoms with van der Waals surface area (Å²) in [6.45, 7) is 5.93. The van der Waals surface area contributed by atoms with Crippen LogP contribution in [-0.2, 0) is 0 Å². The predicted octanol–water partition coefficient (Wildman–Crippen LogP) is 6.62. The SMILES string of the molecule is Cc1sc2nc(S[C@@H](C)c3nnc(-c4ccccc4)o3)n(-c3ccc(Cl)cc3)c(=O)c2c1C. The number of thioether (sulfide) groups is 1. The van der Waals surface area contributed by atoms with Crippen molar-refractivity contribution in [3.05, 3.63) is 86.3 Å². The molecule has 0 spiro atoms. The molecular weight excluding hydrogens is 476 g/mol. The molecule has 0 radical (unpaired) electrons. The standard InChI is InChI=1S/C24H19ClN4O2S2/c1-13-14(2)32-22-19(13)23(30)29(18-11-9-17(25)10-12-18)24(26-22)33-15(3)20-27-28-21(31-20)16-7-5-4-6-8-16/h4-12,15H,1-3H3/t15-/m0/s1. The molecule has 0 aliphatic heterocycles. The van der Waals surface area contributed by atoms with Gasteiger partial charge < -0.3 is 4.42 Å². The van der Waals surface area contributed by atoms with Gasteiger partial charge in [-0.25, -0.2) is 4.98 Å². The van der Waals surface area contributed by atoms with Crippen molar-refractivity contribution in [1.29, 1.82) is 0 Å². The summed E-state index contributed by atoms with van der Waals surface area (Å²) in [5.41, 5.74) is 2.42. The van der Waals surface area contributed by atoms with Crippen LogP contribution in [0, 0.1) is 13.8 Å². The van der Waals surface area contributed by atoms with Crippen molar-refractivity contribution in [3.8, 4) is 17.1 Å². The van der Waals surface area contributed by atoms with Crippen molar-refractivity contribution < 1.29 is 4.42 Å². The smallest absolute Gasteiger partial charge is 0.267 e. The Balaban J connectivity index is 1.59. The van der Waals surface area contributed by atoms with Crippen LogP contribution in [0.5, 0.6) is 0 Å². The van der Waals surface area contributed by atoms with Gasteiger partial charge in [-0.1, -0.05) is 41.6 Å². The average molecular weight is 495 g/mol. The summed E-state index contributed by atoms with van der Waals surface area (Å²) in [5, 5.41) is 10.0. The van der Waals surface area contributed by atoms with Crippen molar-refractivity contribution in [2.24, 2.45) is 0 Å². The van der Waals surface area contributed by atoms with Gasteiger partial charge in [0, 0.05) is 15.5 Å². The Morgan fingerprint density at radius 2 is 1.79 bits per heavy atom. The van der Waals surface area contributed by atoms with E-state index in [-0.39, 0.29) is 10.8 Å². The lowest BCUT2D eigenvalue weighted by Crippen LogP contribution is -2.21. The molecule has 9 heteroatoms. The van der Waals surface area contributed by atoms with Gasteiger partial charge in [0.25, 0.3) is 5.56 Å². The van der Waals surface area contributed by atoms with Gasteiger partial charge in [-0.15, -0.1) is 21.5 Å². The van der Waals surface area contributed by atoms with Crippen LogP contribution in [0.2, 0.25) is 5.02 Å². The molecule has 1 atom stereocenters. The molecule has 0 saturated heterocycles. The molecule has 6 nitrogen and oxygen atoms in total. The lowest BCUT2D eigenvalue weighted by molar-refractivity contribution is 0.509. The first-order chi connectivity index (χ1) is 15.9. The molecule has 0 bridgehead atoms. The van der Waals surface area contributed by atoms with Crippen LogP contribution < -0.4 is 5.56 Å². The Kier molecular flexibility index (Phi) is 5.82. The van der Waals surface area contributed by atoms with Crippen LogP contribution in [0.3, 0.4) is 0 Å². The molecule has 0 fully saturated rings. The summed E-state index contributed by atoms with van der Waals surface area (Å²) < 4.78 is 7.57. The zero-order chi connectivity index (χ0) is 23.1. The minimum absolute atomic E-state index is 0.102. The lowest BCUT2D eigenvalue weighted by Gasteiger charge is -2.14. The highest BCUT2D eigenvalue weighted by Crippen LogP contribution is 2.37. The van der Waals surface area contributed by atoms with Crippen molar-refractivity contribution in [3.63, 3.8) is 0 Å². The van der Waals surface area contributed by atoms with Gasteiger partial charge in [0.1, 0.15) is 4.83 Å². The first kappa shape index (κ1) is 21.9. The quantitative estimate of drug-likeness (QED) is 0.202. The maximum absolute atomic E-state index is 13.6. The molecule has 3 heterocycles. The van der Waals surface area contributed by atoms with E-state index in [0.717, 1.165) is 20.8 Å². The molecule has 0 N–H and O–H groups in total. The topological polar surface area (TPSA) is 73.8 Å². The monoisotopic (exact) mass is 494 g/mol. The van der Waals surface area contributed by atoms with E-state index in [0.29, 0.717) is 33.0 Å². The highest BCUT2D eigenvalue weighted by molar-refractivity contribution is 7.99. The van der Waals surface area contributed by atoms with Gasteiger partial charge in [0.15, 0.2) is 5.16 Å². The van der Waals surface area contributed by atoms with E-state index < -0.39 is 0 Å². The maximum Gasteiger partial charge on any atom is 0.267 e. The van der Waals surface area contributed by atoms with Crippen LogP contribution in [0.25, 0.3) is 27.4 Å². The Bertz CT molecular complexity index is 1510. The second kappa shape index (κ2) is 8.78. The van der Waals surface area contributed by atoms with Gasteiger partial charge in [0.05, 0.1) is 16.3 Å². The highest BCUT2D eigenvalue weighted by atomic mass is 35.5. The van der Waals surface area contributed by atoms with Gasteiger partial charge >= 0.3 is 0 Å². The minimum atomic E-state index is -0.222. The van der Waals surface area contributed by atoms with E-state index in [1.54, 1.807) is 16.7 Å². The van der Waals surface area contributed by atoms with Crippen LogP contribution in [0.1, 0.15) is 28.5 Å². The number of hydrogen-bond donors (Lipinski definition) is 0. The third-order valence-corrected chi connectivity index (χ3v) is 7.74. The summed E-state index contributed by atoms with van der Waals surface area (Å²) in [4.78, 5) is 20.3. The number of aromatic nitrogens is 4. The number of thiophene rings is 1. The maximum atomic E-state index is 13.6. The van der Waals surface area contributed by atoms with E-state index >= 15 is 0 Å². The molecule has 5 aromatic rings. The van der Waals surface area contributed by atoms with E-state index in [2.05, 4.69) is 10.2 Å². The number of aryl methyl sites for hydroxylation is 2. The van der Waals surface area contributed by atoms with E-state index in [4.69, 9.17) is 21.0 Å². The van der Waals surface area contributed by atoms with Crippen molar-refractivity contribution in [2.75, 3.05) is 0 Å². The predicted molar refractivity (Wildman–Crippen MR) is 134 cm³/mol.